The van der Waals surface area contributed by atoms with E-state index in [1.165, 1.54) is 76.2 Å². The van der Waals surface area contributed by atoms with E-state index in [0.717, 1.165) is 24.2 Å². The fourth-order valence-electron chi connectivity index (χ4n) is 5.27. The maximum absolute atomic E-state index is 13.1. The van der Waals surface area contributed by atoms with Gasteiger partial charge in [0.1, 0.15) is 5.82 Å². The molecule has 0 atom stereocenters. The van der Waals surface area contributed by atoms with E-state index >= 15 is 0 Å². The van der Waals surface area contributed by atoms with Crippen LogP contribution < -0.4 is 0 Å². The third kappa shape index (κ3) is 6.49. The first-order valence-electron chi connectivity index (χ1n) is 11.0. The first-order chi connectivity index (χ1) is 13.2. The van der Waals surface area contributed by atoms with Crippen LogP contribution in [0, 0.1) is 34.9 Å². The van der Waals surface area contributed by atoms with Crippen LogP contribution in [0.2, 0.25) is 0 Å². The highest BCUT2D eigenvalue weighted by Gasteiger charge is 2.25. The summed E-state index contributed by atoms with van der Waals surface area (Å²) >= 11 is 0. The highest BCUT2D eigenvalue weighted by atomic mass is 19.1. The SMILES string of the molecule is N#CC=CCC[C@H]1CC[C@H](CC[C@H]2CC[C@H](c3ccc(F)cc3)CC2)CC1. The van der Waals surface area contributed by atoms with Crippen LogP contribution in [0.5, 0.6) is 0 Å². The Hall–Kier alpha value is -1.62. The van der Waals surface area contributed by atoms with Crippen molar-refractivity contribution in [1.82, 2.24) is 0 Å². The molecule has 3 rings (SSSR count). The van der Waals surface area contributed by atoms with E-state index in [4.69, 9.17) is 5.26 Å². The Balaban J connectivity index is 1.30. The molecular weight excluding hydrogens is 333 g/mol. The quantitative estimate of drug-likeness (QED) is 0.456. The van der Waals surface area contributed by atoms with E-state index in [1.807, 2.05) is 18.2 Å². The molecule has 0 aromatic heterocycles. The first-order valence-corrected chi connectivity index (χ1v) is 11.0. The van der Waals surface area contributed by atoms with Crippen molar-refractivity contribution >= 4 is 0 Å². The molecule has 146 valence electrons. The van der Waals surface area contributed by atoms with Crippen molar-refractivity contribution < 1.29 is 4.39 Å². The third-order valence-electron chi connectivity index (χ3n) is 7.07. The fourth-order valence-corrected chi connectivity index (χ4v) is 5.27. The van der Waals surface area contributed by atoms with Gasteiger partial charge < -0.3 is 0 Å². The van der Waals surface area contributed by atoms with Crippen molar-refractivity contribution in [2.75, 3.05) is 0 Å². The molecule has 2 fully saturated rings. The molecule has 0 N–H and O–H groups in total. The molecule has 0 saturated heterocycles. The van der Waals surface area contributed by atoms with Crippen LogP contribution in [-0.2, 0) is 0 Å². The van der Waals surface area contributed by atoms with Crippen LogP contribution in [0.15, 0.2) is 36.4 Å². The molecule has 1 aromatic rings. The summed E-state index contributed by atoms with van der Waals surface area (Å²) in [5.41, 5.74) is 1.33. The van der Waals surface area contributed by atoms with Crippen molar-refractivity contribution in [3.8, 4) is 6.07 Å². The van der Waals surface area contributed by atoms with Crippen LogP contribution in [-0.4, -0.2) is 0 Å². The number of hydrogen-bond donors (Lipinski definition) is 0. The van der Waals surface area contributed by atoms with Crippen molar-refractivity contribution in [2.24, 2.45) is 17.8 Å². The second-order valence-corrected chi connectivity index (χ2v) is 8.84. The van der Waals surface area contributed by atoms with Gasteiger partial charge in [0.05, 0.1) is 6.07 Å². The zero-order chi connectivity index (χ0) is 18.9. The van der Waals surface area contributed by atoms with Gasteiger partial charge in [-0.15, -0.1) is 0 Å². The zero-order valence-corrected chi connectivity index (χ0v) is 16.6. The molecule has 2 heteroatoms. The smallest absolute Gasteiger partial charge is 0.123 e. The molecule has 0 amide bonds. The second-order valence-electron chi connectivity index (χ2n) is 8.84. The van der Waals surface area contributed by atoms with Crippen LogP contribution in [0.4, 0.5) is 4.39 Å². The van der Waals surface area contributed by atoms with Crippen molar-refractivity contribution in [2.45, 2.75) is 83.0 Å². The number of rotatable bonds is 7. The third-order valence-corrected chi connectivity index (χ3v) is 7.07. The molecule has 2 aliphatic rings. The van der Waals surface area contributed by atoms with Gasteiger partial charge in [0.15, 0.2) is 0 Å². The van der Waals surface area contributed by atoms with E-state index < -0.39 is 0 Å². The van der Waals surface area contributed by atoms with Gasteiger partial charge in [-0.3, -0.25) is 0 Å². The lowest BCUT2D eigenvalue weighted by Gasteiger charge is -2.32. The van der Waals surface area contributed by atoms with Gasteiger partial charge in [-0.1, -0.05) is 56.7 Å². The second kappa shape index (κ2) is 10.6. The van der Waals surface area contributed by atoms with E-state index in [0.29, 0.717) is 5.92 Å². The highest BCUT2D eigenvalue weighted by Crippen LogP contribution is 2.40. The van der Waals surface area contributed by atoms with Crippen molar-refractivity contribution in [3.05, 3.63) is 47.8 Å². The summed E-state index contributed by atoms with van der Waals surface area (Å²) < 4.78 is 13.1. The van der Waals surface area contributed by atoms with E-state index in [9.17, 15) is 4.39 Å². The molecule has 27 heavy (non-hydrogen) atoms. The summed E-state index contributed by atoms with van der Waals surface area (Å²) in [7, 11) is 0. The average Bonchev–Trinajstić information content (AvgIpc) is 2.72. The molecule has 0 aliphatic heterocycles. The van der Waals surface area contributed by atoms with Gasteiger partial charge in [-0.05, 0) is 79.9 Å². The Morgan fingerprint density at radius 1 is 0.815 bits per heavy atom. The topological polar surface area (TPSA) is 23.8 Å². The molecule has 0 radical (unpaired) electrons. The lowest BCUT2D eigenvalue weighted by atomic mass is 9.74. The minimum atomic E-state index is -0.124. The van der Waals surface area contributed by atoms with Crippen molar-refractivity contribution in [1.29, 1.82) is 5.26 Å². The predicted molar refractivity (Wildman–Crippen MR) is 110 cm³/mol. The van der Waals surface area contributed by atoms with Gasteiger partial charge in [-0.2, -0.15) is 5.26 Å². The molecule has 0 unspecified atom stereocenters. The molecule has 0 bridgehead atoms. The van der Waals surface area contributed by atoms with Gasteiger partial charge in [0, 0.05) is 6.08 Å². The van der Waals surface area contributed by atoms with E-state index in [2.05, 4.69) is 6.07 Å². The average molecular weight is 368 g/mol. The maximum Gasteiger partial charge on any atom is 0.123 e. The highest BCUT2D eigenvalue weighted by molar-refractivity contribution is 5.20. The Kier molecular flexibility index (Phi) is 7.93. The van der Waals surface area contributed by atoms with Crippen LogP contribution in [0.3, 0.4) is 0 Å². The number of nitrogens with zero attached hydrogens (tertiary/aromatic N) is 1. The Bertz CT molecular complexity index is 611. The lowest BCUT2D eigenvalue weighted by Crippen LogP contribution is -2.17. The van der Waals surface area contributed by atoms with Crippen molar-refractivity contribution in [3.63, 3.8) is 0 Å². The van der Waals surface area contributed by atoms with Gasteiger partial charge in [0.2, 0.25) is 0 Å². The minimum absolute atomic E-state index is 0.124. The molecule has 0 heterocycles. The van der Waals surface area contributed by atoms with Gasteiger partial charge in [0.25, 0.3) is 0 Å². The molecule has 2 aliphatic carbocycles. The summed E-state index contributed by atoms with van der Waals surface area (Å²) in [5, 5.41) is 8.54. The summed E-state index contributed by atoms with van der Waals surface area (Å²) in [6.07, 6.45) is 19.7. The minimum Gasteiger partial charge on any atom is -0.207 e. The molecular formula is C25H34FN. The summed E-state index contributed by atoms with van der Waals surface area (Å²) in [5.74, 6) is 3.27. The summed E-state index contributed by atoms with van der Waals surface area (Å²) in [6.45, 7) is 0. The Morgan fingerprint density at radius 2 is 1.33 bits per heavy atom. The van der Waals surface area contributed by atoms with E-state index in [-0.39, 0.29) is 5.82 Å². The standard InChI is InChI=1S/C25H34FN/c26-25-17-15-24(16-18-25)23-13-11-22(12-14-23)10-9-21-7-5-20(6-8-21)4-2-1-3-19-27/h1,3,15-18,20-23H,2,4-14H2/t20-,21-,22-,23-. The Labute approximate surface area is 164 Å². The molecule has 1 aromatic carbocycles. The monoisotopic (exact) mass is 367 g/mol. The Morgan fingerprint density at radius 3 is 1.89 bits per heavy atom. The number of nitriles is 1. The molecule has 0 spiro atoms. The van der Waals surface area contributed by atoms with Crippen LogP contribution in [0.25, 0.3) is 0 Å². The number of allylic oxidation sites excluding steroid dienone is 2. The summed E-state index contributed by atoms with van der Waals surface area (Å²) in [6, 6.07) is 9.26. The predicted octanol–water partition coefficient (Wildman–Crippen LogP) is 7.55. The zero-order valence-electron chi connectivity index (χ0n) is 16.6. The first kappa shape index (κ1) is 20.1. The van der Waals surface area contributed by atoms with Gasteiger partial charge in [-0.25, -0.2) is 4.39 Å². The van der Waals surface area contributed by atoms with E-state index in [1.54, 1.807) is 18.2 Å². The normalized spacial score (nSPS) is 28.9. The number of benzene rings is 1. The van der Waals surface area contributed by atoms with Gasteiger partial charge >= 0.3 is 0 Å². The van der Waals surface area contributed by atoms with Crippen LogP contribution in [0.1, 0.15) is 88.5 Å². The maximum atomic E-state index is 13.1. The van der Waals surface area contributed by atoms with Crippen LogP contribution >= 0.6 is 0 Å². The molecule has 2 saturated carbocycles. The largest absolute Gasteiger partial charge is 0.207 e. The summed E-state index contributed by atoms with van der Waals surface area (Å²) in [4.78, 5) is 0. The number of hydrogen-bond acceptors (Lipinski definition) is 1. The fraction of sp³-hybridized carbons (Fsp3) is 0.640. The number of halogens is 1. The lowest BCUT2D eigenvalue weighted by molar-refractivity contribution is 0.225. The molecule has 1 nitrogen and oxygen atoms in total.